The lowest BCUT2D eigenvalue weighted by Gasteiger charge is -2.35. The number of ether oxygens (including phenoxy) is 1. The summed E-state index contributed by atoms with van der Waals surface area (Å²) in [7, 11) is 0. The standard InChI is InChI=1S/C19H25N3O4/c1-19(2,3)26-18(25)22-8-6-12(7-9-22)17(24)16-11-20-14-5-4-13(23)10-15(14)21-16/h4-5,10-12,17,23-24H,6-9H2,1-3H3. The second kappa shape index (κ2) is 7.07. The molecule has 1 amide bonds. The monoisotopic (exact) mass is 359 g/mol. The fraction of sp³-hybridized carbons (Fsp3) is 0.526. The minimum Gasteiger partial charge on any atom is -0.508 e. The Bertz CT molecular complexity index is 795. The molecule has 0 spiro atoms. The molecular weight excluding hydrogens is 334 g/mol. The van der Waals surface area contributed by atoms with Crippen LogP contribution < -0.4 is 0 Å². The number of aliphatic hydroxyl groups is 1. The highest BCUT2D eigenvalue weighted by Gasteiger charge is 2.31. The van der Waals surface area contributed by atoms with Gasteiger partial charge in [0.15, 0.2) is 0 Å². The van der Waals surface area contributed by atoms with E-state index in [9.17, 15) is 15.0 Å². The van der Waals surface area contributed by atoms with Crippen LogP contribution in [0, 0.1) is 5.92 Å². The third-order valence-electron chi connectivity index (χ3n) is 4.49. The third-order valence-corrected chi connectivity index (χ3v) is 4.49. The van der Waals surface area contributed by atoms with Gasteiger partial charge in [0, 0.05) is 19.2 Å². The Balaban J connectivity index is 1.65. The number of carbonyl (C=O) groups excluding carboxylic acids is 1. The van der Waals surface area contributed by atoms with Crippen molar-refractivity contribution in [3.05, 3.63) is 30.1 Å². The second-order valence-electron chi connectivity index (χ2n) is 7.72. The van der Waals surface area contributed by atoms with Crippen LogP contribution in [0.15, 0.2) is 24.4 Å². The predicted octanol–water partition coefficient (Wildman–Crippen LogP) is 3.02. The summed E-state index contributed by atoms with van der Waals surface area (Å²) in [6.45, 7) is 6.61. The molecule has 0 aliphatic carbocycles. The van der Waals surface area contributed by atoms with Gasteiger partial charge in [0.05, 0.1) is 22.9 Å². The molecule has 26 heavy (non-hydrogen) atoms. The van der Waals surface area contributed by atoms with Crippen LogP contribution in [0.2, 0.25) is 0 Å². The van der Waals surface area contributed by atoms with Gasteiger partial charge in [-0.1, -0.05) is 0 Å². The van der Waals surface area contributed by atoms with Crippen LogP contribution in [0.1, 0.15) is 45.4 Å². The minimum absolute atomic E-state index is 0.00209. The van der Waals surface area contributed by atoms with Crippen molar-refractivity contribution in [3.63, 3.8) is 0 Å². The largest absolute Gasteiger partial charge is 0.508 e. The van der Waals surface area contributed by atoms with Gasteiger partial charge in [0.2, 0.25) is 0 Å². The lowest BCUT2D eigenvalue weighted by Crippen LogP contribution is -2.42. The van der Waals surface area contributed by atoms with E-state index in [2.05, 4.69) is 9.97 Å². The van der Waals surface area contributed by atoms with Gasteiger partial charge in [-0.15, -0.1) is 0 Å². The summed E-state index contributed by atoms with van der Waals surface area (Å²) < 4.78 is 5.40. The van der Waals surface area contributed by atoms with Crippen molar-refractivity contribution in [1.82, 2.24) is 14.9 Å². The van der Waals surface area contributed by atoms with E-state index >= 15 is 0 Å². The molecule has 2 heterocycles. The first-order valence-corrected chi connectivity index (χ1v) is 8.84. The molecule has 1 aliphatic heterocycles. The minimum atomic E-state index is -0.755. The fourth-order valence-corrected chi connectivity index (χ4v) is 3.12. The van der Waals surface area contributed by atoms with Crippen molar-refractivity contribution in [2.75, 3.05) is 13.1 Å². The van der Waals surface area contributed by atoms with Crippen molar-refractivity contribution in [3.8, 4) is 5.75 Å². The molecule has 1 fully saturated rings. The first-order chi connectivity index (χ1) is 12.2. The lowest BCUT2D eigenvalue weighted by molar-refractivity contribution is 0.00714. The molecule has 7 heteroatoms. The molecule has 0 bridgehead atoms. The highest BCUT2D eigenvalue weighted by molar-refractivity contribution is 5.75. The number of phenols is 1. The number of aromatic hydroxyl groups is 1. The topological polar surface area (TPSA) is 95.8 Å². The van der Waals surface area contributed by atoms with Crippen molar-refractivity contribution >= 4 is 17.1 Å². The second-order valence-corrected chi connectivity index (χ2v) is 7.72. The summed E-state index contributed by atoms with van der Waals surface area (Å²) in [5.74, 6) is 0.113. The molecule has 1 atom stereocenters. The van der Waals surface area contributed by atoms with E-state index < -0.39 is 11.7 Å². The van der Waals surface area contributed by atoms with Gasteiger partial charge >= 0.3 is 6.09 Å². The first kappa shape index (κ1) is 18.4. The average Bonchev–Trinajstić information content (AvgIpc) is 2.59. The molecule has 1 aromatic carbocycles. The number of benzene rings is 1. The van der Waals surface area contributed by atoms with Gasteiger partial charge in [-0.2, -0.15) is 0 Å². The van der Waals surface area contributed by atoms with Crippen LogP contribution >= 0.6 is 0 Å². The van der Waals surface area contributed by atoms with Gasteiger partial charge in [0.1, 0.15) is 17.5 Å². The Morgan fingerprint density at radius 3 is 2.62 bits per heavy atom. The van der Waals surface area contributed by atoms with Gasteiger partial charge in [-0.25, -0.2) is 9.78 Å². The SMILES string of the molecule is CC(C)(C)OC(=O)N1CCC(C(O)c2cnc3ccc(O)cc3n2)CC1. The van der Waals surface area contributed by atoms with Crippen LogP contribution in [0.25, 0.3) is 11.0 Å². The number of aliphatic hydroxyl groups excluding tert-OH is 1. The number of aromatic nitrogens is 2. The van der Waals surface area contributed by atoms with Crippen LogP contribution in [-0.2, 0) is 4.74 Å². The van der Waals surface area contributed by atoms with Crippen molar-refractivity contribution < 1.29 is 19.7 Å². The number of piperidine rings is 1. The highest BCUT2D eigenvalue weighted by atomic mass is 16.6. The van der Waals surface area contributed by atoms with Crippen LogP contribution in [0.5, 0.6) is 5.75 Å². The molecule has 0 saturated carbocycles. The van der Waals surface area contributed by atoms with E-state index in [1.165, 1.54) is 6.07 Å². The molecule has 0 radical (unpaired) electrons. The van der Waals surface area contributed by atoms with E-state index in [1.54, 1.807) is 23.2 Å². The molecule has 2 aromatic rings. The maximum atomic E-state index is 12.1. The molecule has 1 aliphatic rings. The predicted molar refractivity (Wildman–Crippen MR) is 96.7 cm³/mol. The molecule has 3 rings (SSSR count). The number of amides is 1. The number of hydrogen-bond acceptors (Lipinski definition) is 6. The Kier molecular flexibility index (Phi) is 5.00. The van der Waals surface area contributed by atoms with E-state index in [4.69, 9.17) is 4.74 Å². The fourth-order valence-electron chi connectivity index (χ4n) is 3.12. The summed E-state index contributed by atoms with van der Waals surface area (Å²) >= 11 is 0. The number of phenolic OH excluding ortho intramolecular Hbond substituents is 1. The lowest BCUT2D eigenvalue weighted by atomic mass is 9.90. The zero-order chi connectivity index (χ0) is 18.9. The van der Waals surface area contributed by atoms with Crippen LogP contribution in [0.3, 0.4) is 0 Å². The van der Waals surface area contributed by atoms with Crippen LogP contribution in [0.4, 0.5) is 4.79 Å². The first-order valence-electron chi connectivity index (χ1n) is 8.84. The van der Waals surface area contributed by atoms with Gasteiger partial charge in [-0.05, 0) is 51.7 Å². The number of rotatable bonds is 2. The Morgan fingerprint density at radius 1 is 1.27 bits per heavy atom. The zero-order valence-electron chi connectivity index (χ0n) is 15.3. The number of likely N-dealkylation sites (tertiary alicyclic amines) is 1. The van der Waals surface area contributed by atoms with E-state index in [-0.39, 0.29) is 17.8 Å². The molecular formula is C19H25N3O4. The summed E-state index contributed by atoms with van der Waals surface area (Å²) in [4.78, 5) is 22.6. The summed E-state index contributed by atoms with van der Waals surface area (Å²) in [6.07, 6.45) is 1.84. The highest BCUT2D eigenvalue weighted by Crippen LogP contribution is 2.31. The van der Waals surface area contributed by atoms with Crippen LogP contribution in [-0.4, -0.2) is 49.9 Å². The molecule has 1 saturated heterocycles. The van der Waals surface area contributed by atoms with E-state index in [0.717, 1.165) is 0 Å². The molecule has 140 valence electrons. The Labute approximate surface area is 152 Å². The van der Waals surface area contributed by atoms with Gasteiger partial charge in [0.25, 0.3) is 0 Å². The van der Waals surface area contributed by atoms with E-state index in [0.29, 0.717) is 42.7 Å². The smallest absolute Gasteiger partial charge is 0.410 e. The van der Waals surface area contributed by atoms with Crippen molar-refractivity contribution in [2.45, 2.75) is 45.3 Å². The summed E-state index contributed by atoms with van der Waals surface area (Å²) in [6, 6.07) is 4.77. The maximum absolute atomic E-state index is 12.1. The quantitative estimate of drug-likeness (QED) is 0.856. The molecule has 1 aromatic heterocycles. The Hall–Kier alpha value is -2.41. The maximum Gasteiger partial charge on any atom is 0.410 e. The van der Waals surface area contributed by atoms with Crippen molar-refractivity contribution in [2.24, 2.45) is 5.92 Å². The number of hydrogen-bond donors (Lipinski definition) is 2. The third kappa shape index (κ3) is 4.22. The number of nitrogens with zero attached hydrogens (tertiary/aromatic N) is 3. The van der Waals surface area contributed by atoms with E-state index in [1.807, 2.05) is 20.8 Å². The number of carbonyl (C=O) groups is 1. The summed E-state index contributed by atoms with van der Waals surface area (Å²) in [5, 5.41) is 20.3. The summed E-state index contributed by atoms with van der Waals surface area (Å²) in [5.41, 5.74) is 1.18. The average molecular weight is 359 g/mol. The molecule has 1 unspecified atom stereocenters. The Morgan fingerprint density at radius 2 is 1.96 bits per heavy atom. The molecule has 7 nitrogen and oxygen atoms in total. The van der Waals surface area contributed by atoms with Gasteiger partial charge in [-0.3, -0.25) is 4.98 Å². The van der Waals surface area contributed by atoms with Crippen molar-refractivity contribution in [1.29, 1.82) is 0 Å². The number of fused-ring (bicyclic) bond motifs is 1. The van der Waals surface area contributed by atoms with Gasteiger partial charge < -0.3 is 19.8 Å². The molecule has 2 N–H and O–H groups in total. The normalized spacial score (nSPS) is 17.3. The zero-order valence-corrected chi connectivity index (χ0v) is 15.3.